The number of amides is 1. The molecule has 0 saturated heterocycles. The van der Waals surface area contributed by atoms with Crippen LogP contribution in [0.5, 0.6) is 0 Å². The molecule has 1 unspecified atom stereocenters. The maximum absolute atomic E-state index is 13.4. The summed E-state index contributed by atoms with van der Waals surface area (Å²) in [5.41, 5.74) is 4.61. The molecule has 1 aromatic carbocycles. The molecule has 2 atom stereocenters. The van der Waals surface area contributed by atoms with Gasteiger partial charge in [-0.2, -0.15) is 13.2 Å². The number of hydrogen-bond acceptors (Lipinski definition) is 5. The van der Waals surface area contributed by atoms with E-state index in [2.05, 4.69) is 27.0 Å². The van der Waals surface area contributed by atoms with Crippen molar-refractivity contribution >= 4 is 11.6 Å². The molecule has 4 rings (SSSR count). The molecule has 1 N–H and O–H groups in total. The fourth-order valence-electron chi connectivity index (χ4n) is 4.09. The highest BCUT2D eigenvalue weighted by Crippen LogP contribution is 2.29. The van der Waals surface area contributed by atoms with Crippen molar-refractivity contribution in [1.82, 2.24) is 15.3 Å². The summed E-state index contributed by atoms with van der Waals surface area (Å²) in [6.45, 7) is 9.24. The van der Waals surface area contributed by atoms with E-state index >= 15 is 0 Å². The van der Waals surface area contributed by atoms with Crippen LogP contribution in [0.4, 0.5) is 13.2 Å². The fraction of sp³-hybridized carbons (Fsp3) is 0.226. The molecule has 1 aliphatic heterocycles. The third kappa shape index (κ3) is 6.91. The minimum atomic E-state index is -4.53. The summed E-state index contributed by atoms with van der Waals surface area (Å²) in [6, 6.07) is 10.8. The van der Waals surface area contributed by atoms with Crippen LogP contribution in [-0.2, 0) is 11.0 Å². The molecule has 6 nitrogen and oxygen atoms in total. The molecule has 1 aliphatic rings. The smallest absolute Gasteiger partial charge is 0.387 e. The van der Waals surface area contributed by atoms with Gasteiger partial charge in [0.2, 0.25) is 0 Å². The van der Waals surface area contributed by atoms with Gasteiger partial charge in [-0.05, 0) is 67.8 Å². The van der Waals surface area contributed by atoms with E-state index in [9.17, 15) is 18.0 Å². The molecule has 3 heterocycles. The summed E-state index contributed by atoms with van der Waals surface area (Å²) in [4.78, 5) is 27.0. The molecule has 2 aromatic heterocycles. The first-order valence-corrected chi connectivity index (χ1v) is 12.7. The molecule has 40 heavy (non-hydrogen) atoms. The number of halogens is 3. The summed E-state index contributed by atoms with van der Waals surface area (Å²) in [6.07, 6.45) is 5.94. The number of oxime groups is 1. The topological polar surface area (TPSA) is 76.5 Å². The Kier molecular flexibility index (Phi) is 8.62. The lowest BCUT2D eigenvalue weighted by Gasteiger charge is -2.16. The first kappa shape index (κ1) is 28.5. The zero-order valence-electron chi connectivity index (χ0n) is 22.4. The lowest BCUT2D eigenvalue weighted by molar-refractivity contribution is -0.141. The van der Waals surface area contributed by atoms with Gasteiger partial charge in [0.15, 0.2) is 6.10 Å². The number of carbonyl (C=O) groups is 1. The van der Waals surface area contributed by atoms with Gasteiger partial charge >= 0.3 is 6.18 Å². The molecule has 0 aliphatic carbocycles. The van der Waals surface area contributed by atoms with Crippen molar-refractivity contribution in [2.45, 2.75) is 45.5 Å². The van der Waals surface area contributed by atoms with E-state index in [4.69, 9.17) is 4.84 Å². The molecule has 0 saturated carbocycles. The Balaban J connectivity index is 1.61. The van der Waals surface area contributed by atoms with E-state index in [0.717, 1.165) is 29.0 Å². The fourth-order valence-corrected chi connectivity index (χ4v) is 4.09. The van der Waals surface area contributed by atoms with Gasteiger partial charge in [-0.1, -0.05) is 48.2 Å². The van der Waals surface area contributed by atoms with Crippen molar-refractivity contribution in [3.63, 3.8) is 0 Å². The summed E-state index contributed by atoms with van der Waals surface area (Å²) in [5, 5.41) is 7.16. The predicted octanol–water partition coefficient (Wildman–Crippen LogP) is 7.14. The Morgan fingerprint density at radius 2 is 1.88 bits per heavy atom. The van der Waals surface area contributed by atoms with Crippen molar-refractivity contribution in [2.75, 3.05) is 0 Å². The molecular formula is C31H29F3N4O2. The standard InChI is InChI=1S/C31H29F3N4O2/c1-5-6-7-8-20(3)28-16-27(38-40-28)24-13-23(26-11-9-19(2)17-35-26)14-25(15-24)30(39)37-21(4)22-10-12-29(36-18-22)31(32,33)34/h5-15,17-18,21,28H,1,16H2,2-4H3,(H,37,39)/b7-6-,20-8+/t21-,28?/m1/s1. The summed E-state index contributed by atoms with van der Waals surface area (Å²) in [5.74, 6) is -0.399. The van der Waals surface area contributed by atoms with Gasteiger partial charge in [0.1, 0.15) is 5.69 Å². The minimum absolute atomic E-state index is 0.241. The highest BCUT2D eigenvalue weighted by atomic mass is 19.4. The molecule has 9 heteroatoms. The van der Waals surface area contributed by atoms with Gasteiger partial charge < -0.3 is 10.2 Å². The molecule has 0 bridgehead atoms. The van der Waals surface area contributed by atoms with E-state index < -0.39 is 23.8 Å². The normalized spacial score (nSPS) is 16.4. The van der Waals surface area contributed by atoms with Crippen LogP contribution in [0.3, 0.4) is 0 Å². The third-order valence-electron chi connectivity index (χ3n) is 6.44. The second-order valence-corrected chi connectivity index (χ2v) is 9.56. The largest absolute Gasteiger partial charge is 0.433 e. The van der Waals surface area contributed by atoms with Crippen molar-refractivity contribution < 1.29 is 22.8 Å². The van der Waals surface area contributed by atoms with Gasteiger partial charge in [-0.3, -0.25) is 14.8 Å². The van der Waals surface area contributed by atoms with Crippen molar-refractivity contribution in [3.8, 4) is 11.3 Å². The second kappa shape index (κ2) is 12.1. The Morgan fingerprint density at radius 3 is 2.52 bits per heavy atom. The van der Waals surface area contributed by atoms with Crippen molar-refractivity contribution in [2.24, 2.45) is 5.16 Å². The first-order chi connectivity index (χ1) is 19.0. The number of alkyl halides is 3. The Morgan fingerprint density at radius 1 is 1.10 bits per heavy atom. The monoisotopic (exact) mass is 546 g/mol. The van der Waals surface area contributed by atoms with E-state index in [1.165, 1.54) is 6.07 Å². The number of benzene rings is 1. The minimum Gasteiger partial charge on any atom is -0.387 e. The molecule has 1 amide bonds. The van der Waals surface area contributed by atoms with Crippen LogP contribution in [0.2, 0.25) is 0 Å². The number of allylic oxidation sites excluding steroid dienone is 4. The van der Waals surface area contributed by atoms with Crippen molar-refractivity contribution in [1.29, 1.82) is 0 Å². The molecule has 0 fully saturated rings. The maximum Gasteiger partial charge on any atom is 0.433 e. The van der Waals surface area contributed by atoms with E-state index in [1.807, 2.05) is 50.3 Å². The van der Waals surface area contributed by atoms with Crippen LogP contribution in [0.15, 0.2) is 96.5 Å². The summed E-state index contributed by atoms with van der Waals surface area (Å²) < 4.78 is 38.7. The summed E-state index contributed by atoms with van der Waals surface area (Å²) >= 11 is 0. The molecule has 3 aromatic rings. The van der Waals surface area contributed by atoms with Gasteiger partial charge in [0, 0.05) is 35.5 Å². The third-order valence-corrected chi connectivity index (χ3v) is 6.44. The van der Waals surface area contributed by atoms with Gasteiger partial charge in [-0.25, -0.2) is 0 Å². The Hall–Kier alpha value is -4.53. The number of rotatable bonds is 8. The van der Waals surface area contributed by atoms with Crippen LogP contribution >= 0.6 is 0 Å². The number of pyridine rings is 2. The number of nitrogens with one attached hydrogen (secondary N) is 1. The van der Waals surface area contributed by atoms with Gasteiger partial charge in [0.25, 0.3) is 5.91 Å². The predicted molar refractivity (Wildman–Crippen MR) is 149 cm³/mol. The van der Waals surface area contributed by atoms with Crippen LogP contribution in [-0.4, -0.2) is 27.7 Å². The second-order valence-electron chi connectivity index (χ2n) is 9.56. The van der Waals surface area contributed by atoms with E-state index in [-0.39, 0.29) is 6.10 Å². The lowest BCUT2D eigenvalue weighted by atomic mass is 9.95. The van der Waals surface area contributed by atoms with Crippen LogP contribution in [0, 0.1) is 6.92 Å². The first-order valence-electron chi connectivity index (χ1n) is 12.7. The quantitative estimate of drug-likeness (QED) is 0.305. The zero-order chi connectivity index (χ0) is 28.9. The van der Waals surface area contributed by atoms with Crippen LogP contribution in [0.25, 0.3) is 11.3 Å². The lowest BCUT2D eigenvalue weighted by Crippen LogP contribution is -2.27. The Labute approximate surface area is 231 Å². The van der Waals surface area contributed by atoms with E-state index in [1.54, 1.807) is 31.3 Å². The summed E-state index contributed by atoms with van der Waals surface area (Å²) in [7, 11) is 0. The average Bonchev–Trinajstić information content (AvgIpc) is 3.43. The van der Waals surface area contributed by atoms with Gasteiger partial charge in [-0.15, -0.1) is 0 Å². The maximum atomic E-state index is 13.4. The highest BCUT2D eigenvalue weighted by Gasteiger charge is 2.32. The van der Waals surface area contributed by atoms with Crippen molar-refractivity contribution in [3.05, 3.63) is 119 Å². The molecule has 206 valence electrons. The van der Waals surface area contributed by atoms with E-state index in [0.29, 0.717) is 34.5 Å². The number of hydrogen-bond donors (Lipinski definition) is 1. The van der Waals surface area contributed by atoms with Crippen LogP contribution < -0.4 is 5.32 Å². The molecule has 0 spiro atoms. The Bertz CT molecular complexity index is 1470. The average molecular weight is 547 g/mol. The zero-order valence-corrected chi connectivity index (χ0v) is 22.4. The van der Waals surface area contributed by atoms with Gasteiger partial charge in [0.05, 0.1) is 17.4 Å². The number of nitrogens with zero attached hydrogens (tertiary/aromatic N) is 3. The molecular weight excluding hydrogens is 517 g/mol. The highest BCUT2D eigenvalue weighted by molar-refractivity contribution is 6.05. The number of aromatic nitrogens is 2. The number of aryl methyl sites for hydroxylation is 1. The number of carbonyl (C=O) groups excluding carboxylic acids is 1. The van der Waals surface area contributed by atoms with Crippen LogP contribution in [0.1, 0.15) is 59.1 Å². The SMILES string of the molecule is C=C/C=C\C=C(/C)C1CC(c2cc(C(=O)N[C@H](C)c3ccc(C(F)(F)F)nc3)cc(-c3ccc(C)cn3)c2)=NO1. The molecule has 0 radical (unpaired) electrons.